The third-order valence-electron chi connectivity index (χ3n) is 5.98. The second kappa shape index (κ2) is 7.88. The van der Waals surface area contributed by atoms with E-state index in [9.17, 15) is 0 Å². The Hall–Kier alpha value is -4.39. The number of aromatic amines is 2. The van der Waals surface area contributed by atoms with Gasteiger partial charge in [0, 0.05) is 46.5 Å². The molecular weight excluding hydrogens is 422 g/mol. The molecule has 4 heterocycles. The quantitative estimate of drug-likeness (QED) is 0.298. The maximum absolute atomic E-state index is 4.66. The Balaban J connectivity index is 1.45. The summed E-state index contributed by atoms with van der Waals surface area (Å²) >= 11 is 0. The SMILES string of the molecule is Cc1cn(-c2cccc3[nH]c(-c4n[nH]c5ccc(-c6cncc(NC(C)C)c6)cc45)cc23)cn1. The van der Waals surface area contributed by atoms with Gasteiger partial charge in [-0.05, 0) is 62.7 Å². The molecule has 0 aliphatic carbocycles. The molecule has 168 valence electrons. The lowest BCUT2D eigenvalue weighted by Gasteiger charge is -2.11. The molecule has 4 aromatic heterocycles. The van der Waals surface area contributed by atoms with Gasteiger partial charge in [-0.25, -0.2) is 4.98 Å². The first-order chi connectivity index (χ1) is 16.5. The van der Waals surface area contributed by atoms with Crippen molar-refractivity contribution in [2.24, 2.45) is 0 Å². The Morgan fingerprint density at radius 2 is 1.85 bits per heavy atom. The molecule has 0 saturated heterocycles. The van der Waals surface area contributed by atoms with Crippen LogP contribution in [0.15, 0.2) is 73.4 Å². The minimum absolute atomic E-state index is 0.346. The fraction of sp³-hybridized carbons (Fsp3) is 0.148. The smallest absolute Gasteiger partial charge is 0.116 e. The van der Waals surface area contributed by atoms with Crippen LogP contribution in [-0.4, -0.2) is 35.8 Å². The molecule has 0 bridgehead atoms. The largest absolute Gasteiger partial charge is 0.382 e. The number of rotatable bonds is 5. The van der Waals surface area contributed by atoms with E-state index in [1.807, 2.05) is 31.8 Å². The molecule has 0 unspecified atom stereocenters. The average Bonchev–Trinajstić information content (AvgIpc) is 3.55. The first-order valence-electron chi connectivity index (χ1n) is 11.4. The van der Waals surface area contributed by atoms with Gasteiger partial charge in [-0.15, -0.1) is 0 Å². The first kappa shape index (κ1) is 20.2. The fourth-order valence-electron chi connectivity index (χ4n) is 4.45. The zero-order valence-electron chi connectivity index (χ0n) is 19.3. The number of H-pyrrole nitrogens is 2. The summed E-state index contributed by atoms with van der Waals surface area (Å²) < 4.78 is 2.06. The molecule has 7 heteroatoms. The maximum atomic E-state index is 4.66. The van der Waals surface area contributed by atoms with Crippen molar-refractivity contribution >= 4 is 27.5 Å². The number of aromatic nitrogens is 6. The Labute approximate surface area is 196 Å². The van der Waals surface area contributed by atoms with Crippen molar-refractivity contribution in [3.8, 4) is 28.2 Å². The summed E-state index contributed by atoms with van der Waals surface area (Å²) in [5, 5.41) is 13.5. The molecular formula is C27H25N7. The highest BCUT2D eigenvalue weighted by Crippen LogP contribution is 2.33. The van der Waals surface area contributed by atoms with Crippen molar-refractivity contribution in [1.29, 1.82) is 0 Å². The maximum Gasteiger partial charge on any atom is 0.116 e. The van der Waals surface area contributed by atoms with Gasteiger partial charge in [0.05, 0.1) is 34.6 Å². The number of pyridine rings is 1. The average molecular weight is 448 g/mol. The number of hydrogen-bond acceptors (Lipinski definition) is 4. The normalized spacial score (nSPS) is 11.6. The van der Waals surface area contributed by atoms with Gasteiger partial charge >= 0.3 is 0 Å². The van der Waals surface area contributed by atoms with E-state index >= 15 is 0 Å². The molecule has 0 aliphatic heterocycles. The van der Waals surface area contributed by atoms with E-state index in [-0.39, 0.29) is 0 Å². The van der Waals surface area contributed by atoms with Crippen LogP contribution in [0.25, 0.3) is 50.0 Å². The Morgan fingerprint density at radius 3 is 2.68 bits per heavy atom. The summed E-state index contributed by atoms with van der Waals surface area (Å²) in [5.74, 6) is 0. The molecule has 0 aliphatic rings. The van der Waals surface area contributed by atoms with Crippen LogP contribution in [0.4, 0.5) is 5.69 Å². The van der Waals surface area contributed by atoms with E-state index in [0.717, 1.165) is 61.4 Å². The third-order valence-corrected chi connectivity index (χ3v) is 5.98. The summed E-state index contributed by atoms with van der Waals surface area (Å²) in [5.41, 5.74) is 9.16. The predicted molar refractivity (Wildman–Crippen MR) is 137 cm³/mol. The Bertz CT molecular complexity index is 1630. The van der Waals surface area contributed by atoms with Gasteiger partial charge in [-0.1, -0.05) is 12.1 Å². The molecule has 0 radical (unpaired) electrons. The predicted octanol–water partition coefficient (Wildman–Crippen LogP) is 6.09. The van der Waals surface area contributed by atoms with E-state index in [2.05, 4.69) is 97.4 Å². The van der Waals surface area contributed by atoms with Crippen LogP contribution in [0, 0.1) is 6.92 Å². The molecule has 0 atom stereocenters. The second-order valence-electron chi connectivity index (χ2n) is 8.94. The Kier molecular flexibility index (Phi) is 4.69. The van der Waals surface area contributed by atoms with Gasteiger partial charge in [0.25, 0.3) is 0 Å². The molecule has 0 spiro atoms. The van der Waals surface area contributed by atoms with Crippen molar-refractivity contribution in [2.75, 3.05) is 5.32 Å². The third kappa shape index (κ3) is 3.51. The van der Waals surface area contributed by atoms with Gasteiger partial charge in [0.1, 0.15) is 5.69 Å². The number of anilines is 1. The van der Waals surface area contributed by atoms with Gasteiger partial charge in [0.2, 0.25) is 0 Å². The van der Waals surface area contributed by atoms with Crippen molar-refractivity contribution in [3.63, 3.8) is 0 Å². The van der Waals surface area contributed by atoms with E-state index < -0.39 is 0 Å². The number of fused-ring (bicyclic) bond motifs is 2. The summed E-state index contributed by atoms with van der Waals surface area (Å²) in [4.78, 5) is 12.4. The summed E-state index contributed by atoms with van der Waals surface area (Å²) in [6.45, 7) is 6.24. The second-order valence-corrected chi connectivity index (χ2v) is 8.94. The van der Waals surface area contributed by atoms with E-state index in [0.29, 0.717) is 6.04 Å². The van der Waals surface area contributed by atoms with Gasteiger partial charge in [-0.3, -0.25) is 10.1 Å². The molecule has 0 amide bonds. The lowest BCUT2D eigenvalue weighted by atomic mass is 10.0. The van der Waals surface area contributed by atoms with E-state index in [1.165, 1.54) is 0 Å². The number of aryl methyl sites for hydroxylation is 1. The lowest BCUT2D eigenvalue weighted by molar-refractivity contribution is 0.898. The minimum Gasteiger partial charge on any atom is -0.382 e. The van der Waals surface area contributed by atoms with Crippen LogP contribution in [0.5, 0.6) is 0 Å². The van der Waals surface area contributed by atoms with Crippen molar-refractivity contribution < 1.29 is 0 Å². The van der Waals surface area contributed by atoms with Gasteiger partial charge in [0.15, 0.2) is 0 Å². The first-order valence-corrected chi connectivity index (χ1v) is 11.4. The Morgan fingerprint density at radius 1 is 0.941 bits per heavy atom. The van der Waals surface area contributed by atoms with E-state index in [4.69, 9.17) is 0 Å². The van der Waals surface area contributed by atoms with Crippen LogP contribution >= 0.6 is 0 Å². The number of nitrogens with one attached hydrogen (secondary N) is 3. The zero-order valence-corrected chi connectivity index (χ0v) is 19.3. The number of nitrogens with zero attached hydrogens (tertiary/aromatic N) is 4. The highest BCUT2D eigenvalue weighted by molar-refractivity contribution is 5.99. The van der Waals surface area contributed by atoms with Crippen LogP contribution in [0.1, 0.15) is 19.5 Å². The van der Waals surface area contributed by atoms with Crippen molar-refractivity contribution in [1.82, 2.24) is 29.7 Å². The summed E-state index contributed by atoms with van der Waals surface area (Å²) in [6.07, 6.45) is 7.64. The minimum atomic E-state index is 0.346. The van der Waals surface area contributed by atoms with Crippen LogP contribution in [0.3, 0.4) is 0 Å². The lowest BCUT2D eigenvalue weighted by Crippen LogP contribution is -2.09. The van der Waals surface area contributed by atoms with E-state index in [1.54, 1.807) is 0 Å². The molecule has 0 fully saturated rings. The molecule has 0 saturated carbocycles. The molecule has 2 aromatic carbocycles. The zero-order chi connectivity index (χ0) is 23.2. The van der Waals surface area contributed by atoms with Crippen LogP contribution in [-0.2, 0) is 0 Å². The molecule has 6 aromatic rings. The topological polar surface area (TPSA) is 87.2 Å². The monoisotopic (exact) mass is 447 g/mol. The number of imidazole rings is 1. The molecule has 6 rings (SSSR count). The standard InChI is InChI=1S/C27H25N7/c1-16(2)30-20-9-19(12-28-13-20)18-7-8-24-22(10-18)27(33-32-24)25-11-21-23(31-25)5-4-6-26(21)34-14-17(3)29-15-34/h4-16,30-31H,1-3H3,(H,32,33). The highest BCUT2D eigenvalue weighted by Gasteiger charge is 2.14. The van der Waals surface area contributed by atoms with Crippen LogP contribution in [0.2, 0.25) is 0 Å². The molecule has 3 N–H and O–H groups in total. The van der Waals surface area contributed by atoms with Crippen LogP contribution < -0.4 is 5.32 Å². The number of benzene rings is 2. The summed E-state index contributed by atoms with van der Waals surface area (Å²) in [6, 6.07) is 17.2. The van der Waals surface area contributed by atoms with Crippen molar-refractivity contribution in [3.05, 3.63) is 79.1 Å². The molecule has 34 heavy (non-hydrogen) atoms. The molecule has 7 nitrogen and oxygen atoms in total. The fourth-order valence-corrected chi connectivity index (χ4v) is 4.45. The van der Waals surface area contributed by atoms with Crippen molar-refractivity contribution in [2.45, 2.75) is 26.8 Å². The van der Waals surface area contributed by atoms with Gasteiger partial charge < -0.3 is 14.9 Å². The van der Waals surface area contributed by atoms with Gasteiger partial charge in [-0.2, -0.15) is 5.10 Å². The summed E-state index contributed by atoms with van der Waals surface area (Å²) in [7, 11) is 0. The number of hydrogen-bond donors (Lipinski definition) is 3. The highest BCUT2D eigenvalue weighted by atomic mass is 15.1.